The number of hydrogen-bond donors (Lipinski definition) is 0. The lowest BCUT2D eigenvalue weighted by Crippen LogP contribution is -2.30. The van der Waals surface area contributed by atoms with E-state index in [1.54, 1.807) is 0 Å². The van der Waals surface area contributed by atoms with Gasteiger partial charge in [-0.2, -0.15) is 5.10 Å². The summed E-state index contributed by atoms with van der Waals surface area (Å²) in [6.45, 7) is 2.25. The summed E-state index contributed by atoms with van der Waals surface area (Å²) in [4.78, 5) is 15.1. The Hall–Kier alpha value is -2.56. The summed E-state index contributed by atoms with van der Waals surface area (Å²) in [7, 11) is 1.94. The summed E-state index contributed by atoms with van der Waals surface area (Å²) in [5.41, 5.74) is 5.96. The molecule has 0 bridgehead atoms. The molecule has 0 saturated heterocycles. The molecule has 0 spiro atoms. The van der Waals surface area contributed by atoms with Gasteiger partial charge in [-0.05, 0) is 61.7 Å². The van der Waals surface area contributed by atoms with Crippen LogP contribution in [0.1, 0.15) is 44.1 Å². The van der Waals surface area contributed by atoms with Crippen molar-refractivity contribution in [2.45, 2.75) is 38.5 Å². The van der Waals surface area contributed by atoms with Gasteiger partial charge >= 0.3 is 0 Å². The molecule has 1 saturated carbocycles. The average Bonchev–Trinajstić information content (AvgIpc) is 3.36. The first-order valence-corrected chi connectivity index (χ1v) is 10.4. The van der Waals surface area contributed by atoms with Crippen LogP contribution in [0.2, 0.25) is 0 Å². The lowest BCUT2D eigenvalue weighted by atomic mass is 9.94. The zero-order valence-corrected chi connectivity index (χ0v) is 16.5. The quantitative estimate of drug-likeness (QED) is 0.758. The fourth-order valence-corrected chi connectivity index (χ4v) is 4.29. The highest BCUT2D eigenvalue weighted by molar-refractivity contribution is 6.01. The number of ether oxygens (including phenoxy) is 1. The first kappa shape index (κ1) is 17.5. The third-order valence-corrected chi connectivity index (χ3v) is 6.14. The van der Waals surface area contributed by atoms with Crippen molar-refractivity contribution in [2.75, 3.05) is 19.7 Å². The second-order valence-electron chi connectivity index (χ2n) is 8.42. The molecular weight excluding hydrogens is 350 g/mol. The zero-order valence-electron chi connectivity index (χ0n) is 16.5. The summed E-state index contributed by atoms with van der Waals surface area (Å²) in [5, 5.41) is 4.26. The van der Waals surface area contributed by atoms with E-state index in [0.29, 0.717) is 5.92 Å². The molecular formula is C23H27N3O2. The Morgan fingerprint density at radius 1 is 1.21 bits per heavy atom. The van der Waals surface area contributed by atoms with Crippen molar-refractivity contribution < 1.29 is 9.53 Å². The van der Waals surface area contributed by atoms with Crippen molar-refractivity contribution in [2.24, 2.45) is 13.0 Å². The van der Waals surface area contributed by atoms with Gasteiger partial charge in [0.05, 0.1) is 18.4 Å². The van der Waals surface area contributed by atoms with E-state index in [4.69, 9.17) is 4.74 Å². The Morgan fingerprint density at radius 3 is 2.82 bits per heavy atom. The van der Waals surface area contributed by atoms with E-state index >= 15 is 0 Å². The maximum atomic E-state index is 13.1. The molecule has 0 N–H and O–H groups in total. The number of aryl methyl sites for hydroxylation is 1. The van der Waals surface area contributed by atoms with Crippen LogP contribution in [-0.4, -0.2) is 40.3 Å². The predicted octanol–water partition coefficient (Wildman–Crippen LogP) is 3.77. The van der Waals surface area contributed by atoms with Crippen molar-refractivity contribution >= 4 is 11.5 Å². The number of amides is 1. The summed E-state index contributed by atoms with van der Waals surface area (Å²) in [5.74, 6) is 1.70. The van der Waals surface area contributed by atoms with Gasteiger partial charge in [0, 0.05) is 31.9 Å². The molecule has 1 aromatic heterocycles. The molecule has 0 radical (unpaired) electrons. The minimum Gasteiger partial charge on any atom is -0.493 e. The second kappa shape index (κ2) is 7.12. The molecule has 0 unspecified atom stereocenters. The highest BCUT2D eigenvalue weighted by Crippen LogP contribution is 2.36. The Morgan fingerprint density at radius 2 is 2.11 bits per heavy atom. The predicted molar refractivity (Wildman–Crippen MR) is 108 cm³/mol. The van der Waals surface area contributed by atoms with Gasteiger partial charge < -0.3 is 9.64 Å². The van der Waals surface area contributed by atoms with E-state index in [9.17, 15) is 4.79 Å². The van der Waals surface area contributed by atoms with Crippen molar-refractivity contribution in [1.29, 1.82) is 0 Å². The molecule has 1 aromatic rings. The van der Waals surface area contributed by atoms with Gasteiger partial charge in [0.2, 0.25) is 0 Å². The molecule has 5 heteroatoms. The lowest BCUT2D eigenvalue weighted by Gasteiger charge is -2.21. The van der Waals surface area contributed by atoms with Crippen LogP contribution in [0.15, 0.2) is 53.1 Å². The molecule has 28 heavy (non-hydrogen) atoms. The van der Waals surface area contributed by atoms with Gasteiger partial charge in [0.1, 0.15) is 5.76 Å². The van der Waals surface area contributed by atoms with Crippen molar-refractivity contribution in [3.05, 3.63) is 58.7 Å². The fraction of sp³-hybridized carbons (Fsp3) is 0.478. The van der Waals surface area contributed by atoms with E-state index in [1.165, 1.54) is 35.1 Å². The minimum absolute atomic E-state index is 0.152. The Balaban J connectivity index is 1.25. The van der Waals surface area contributed by atoms with Crippen LogP contribution >= 0.6 is 0 Å². The van der Waals surface area contributed by atoms with E-state index in [0.717, 1.165) is 56.7 Å². The number of allylic oxidation sites excluding steroid dienone is 4. The summed E-state index contributed by atoms with van der Waals surface area (Å²) in [6, 6.07) is 0. The van der Waals surface area contributed by atoms with E-state index in [-0.39, 0.29) is 5.91 Å². The fourth-order valence-electron chi connectivity index (χ4n) is 4.29. The summed E-state index contributed by atoms with van der Waals surface area (Å²) in [6.07, 6.45) is 17.0. The van der Waals surface area contributed by atoms with Gasteiger partial charge in [-0.3, -0.25) is 9.48 Å². The molecule has 2 heterocycles. The van der Waals surface area contributed by atoms with Crippen LogP contribution < -0.4 is 0 Å². The van der Waals surface area contributed by atoms with Gasteiger partial charge in [-0.15, -0.1) is 0 Å². The summed E-state index contributed by atoms with van der Waals surface area (Å²) < 4.78 is 7.86. The normalized spacial score (nSPS) is 22.1. The monoisotopic (exact) mass is 377 g/mol. The minimum atomic E-state index is 0.152. The molecule has 0 aromatic carbocycles. The Kier molecular flexibility index (Phi) is 4.46. The molecule has 3 aliphatic carbocycles. The molecule has 0 atom stereocenters. The topological polar surface area (TPSA) is 47.4 Å². The summed E-state index contributed by atoms with van der Waals surface area (Å²) >= 11 is 0. The maximum Gasteiger partial charge on any atom is 0.258 e. The standard InChI is InChI=1S/C23H27N3O2/c1-25-13-20(11-24-25)18-9-7-16(8-10-18)12-26-14-19-3-2-4-21(22(19)23(26)27)28-15-17-5-6-17/h4,7,9,11,13,17H,2-3,5-6,8,10,12,14-15H2,1H3. The van der Waals surface area contributed by atoms with Crippen LogP contribution in [0.4, 0.5) is 0 Å². The van der Waals surface area contributed by atoms with Gasteiger partial charge in [0.15, 0.2) is 0 Å². The van der Waals surface area contributed by atoms with Crippen molar-refractivity contribution in [3.8, 4) is 0 Å². The van der Waals surface area contributed by atoms with Crippen LogP contribution in [0.25, 0.3) is 5.57 Å². The molecule has 5 rings (SSSR count). The second-order valence-corrected chi connectivity index (χ2v) is 8.42. The van der Waals surface area contributed by atoms with Crippen molar-refractivity contribution in [3.63, 3.8) is 0 Å². The van der Waals surface area contributed by atoms with E-state index in [1.807, 2.05) is 22.8 Å². The first-order chi connectivity index (χ1) is 13.7. The number of carbonyl (C=O) groups excluding carboxylic acids is 1. The molecule has 1 amide bonds. The van der Waals surface area contributed by atoms with Crippen LogP contribution in [-0.2, 0) is 16.6 Å². The van der Waals surface area contributed by atoms with Crippen LogP contribution in [0, 0.1) is 5.92 Å². The Bertz CT molecular complexity index is 927. The first-order valence-electron chi connectivity index (χ1n) is 10.4. The SMILES string of the molecule is Cn1cc(C2=CC=C(CN3CC4=C(C3=O)C(OCC3CC3)=CCC4)CC2)cn1. The average molecular weight is 377 g/mol. The molecule has 1 fully saturated rings. The van der Waals surface area contributed by atoms with Gasteiger partial charge in [-0.1, -0.05) is 17.7 Å². The third-order valence-electron chi connectivity index (χ3n) is 6.14. The number of rotatable bonds is 6. The molecule has 4 aliphatic rings. The highest BCUT2D eigenvalue weighted by Gasteiger charge is 2.35. The van der Waals surface area contributed by atoms with Gasteiger partial charge in [-0.25, -0.2) is 0 Å². The highest BCUT2D eigenvalue weighted by atomic mass is 16.5. The smallest absolute Gasteiger partial charge is 0.258 e. The Labute approximate surface area is 166 Å². The zero-order chi connectivity index (χ0) is 19.1. The number of carbonyl (C=O) groups is 1. The molecule has 146 valence electrons. The number of hydrogen-bond acceptors (Lipinski definition) is 3. The van der Waals surface area contributed by atoms with Crippen LogP contribution in [0.3, 0.4) is 0 Å². The van der Waals surface area contributed by atoms with Crippen LogP contribution in [0.5, 0.6) is 0 Å². The maximum absolute atomic E-state index is 13.1. The molecule has 1 aliphatic heterocycles. The molecule has 5 nitrogen and oxygen atoms in total. The lowest BCUT2D eigenvalue weighted by molar-refractivity contribution is -0.125. The third kappa shape index (κ3) is 3.46. The van der Waals surface area contributed by atoms with E-state index in [2.05, 4.69) is 29.5 Å². The van der Waals surface area contributed by atoms with Crippen molar-refractivity contribution in [1.82, 2.24) is 14.7 Å². The van der Waals surface area contributed by atoms with Gasteiger partial charge in [0.25, 0.3) is 5.91 Å². The number of aromatic nitrogens is 2. The van der Waals surface area contributed by atoms with E-state index < -0.39 is 0 Å². The largest absolute Gasteiger partial charge is 0.493 e. The number of nitrogens with zero attached hydrogens (tertiary/aromatic N) is 3.